The highest BCUT2D eigenvalue weighted by Crippen LogP contribution is 2.27. The van der Waals surface area contributed by atoms with Crippen molar-refractivity contribution in [1.29, 1.82) is 0 Å². The third kappa shape index (κ3) is 2.46. The van der Waals surface area contributed by atoms with Gasteiger partial charge in [-0.2, -0.15) is 8.42 Å². The lowest BCUT2D eigenvalue weighted by Crippen LogP contribution is -2.32. The van der Waals surface area contributed by atoms with Crippen LogP contribution in [0.3, 0.4) is 0 Å². The minimum Gasteiger partial charge on any atom is -0.396 e. The summed E-state index contributed by atoms with van der Waals surface area (Å²) in [7, 11) is -3.76. The summed E-state index contributed by atoms with van der Waals surface area (Å²) in [6.07, 6.45) is 1.43. The van der Waals surface area contributed by atoms with E-state index >= 15 is 0 Å². The van der Waals surface area contributed by atoms with Crippen molar-refractivity contribution in [2.24, 2.45) is 0 Å². The predicted molar refractivity (Wildman–Crippen MR) is 80.0 cm³/mol. The zero-order chi connectivity index (χ0) is 14.8. The fraction of sp³-hybridized carbons (Fsp3) is 0.214. The first-order chi connectivity index (χ1) is 9.48. The molecule has 0 saturated heterocycles. The minimum atomic E-state index is -3.76. The molecule has 5 nitrogen and oxygen atoms in total. The average Bonchev–Trinajstić information content (AvgIpc) is 2.42. The summed E-state index contributed by atoms with van der Waals surface area (Å²) < 4.78 is 26.8. The number of aryl methyl sites for hydroxylation is 1. The first-order valence-electron chi connectivity index (χ1n) is 6.27. The van der Waals surface area contributed by atoms with Crippen molar-refractivity contribution in [2.75, 3.05) is 16.6 Å². The van der Waals surface area contributed by atoms with Gasteiger partial charge < -0.3 is 5.73 Å². The molecule has 1 heterocycles. The highest BCUT2D eigenvalue weighted by Gasteiger charge is 2.27. The highest BCUT2D eigenvalue weighted by molar-refractivity contribution is 7.92. The number of sulfonamides is 1. The van der Waals surface area contributed by atoms with E-state index in [1.54, 1.807) is 19.1 Å². The molecule has 1 aromatic carbocycles. The lowest BCUT2D eigenvalue weighted by Gasteiger charge is -2.24. The number of pyridine rings is 1. The Balaban J connectivity index is 2.58. The van der Waals surface area contributed by atoms with Crippen molar-refractivity contribution >= 4 is 21.4 Å². The summed E-state index contributed by atoms with van der Waals surface area (Å²) in [4.78, 5) is 3.92. The molecule has 0 unspecified atom stereocenters. The lowest BCUT2D eigenvalue weighted by atomic mass is 10.2. The van der Waals surface area contributed by atoms with Gasteiger partial charge in [0, 0.05) is 12.7 Å². The largest absolute Gasteiger partial charge is 0.396 e. The molecular formula is C14H17N3O2S. The molecule has 0 amide bonds. The number of anilines is 2. The standard InChI is InChI=1S/C14H17N3O2S/c1-3-17(13-9-5-4-7-11(13)2)20(18,19)14-12(15)8-6-10-16-14/h4-10H,3,15H2,1-2H3. The van der Waals surface area contributed by atoms with Gasteiger partial charge in [0.25, 0.3) is 10.0 Å². The van der Waals surface area contributed by atoms with E-state index in [-0.39, 0.29) is 10.7 Å². The van der Waals surface area contributed by atoms with Crippen molar-refractivity contribution in [2.45, 2.75) is 18.9 Å². The maximum Gasteiger partial charge on any atom is 0.283 e. The van der Waals surface area contributed by atoms with Gasteiger partial charge in [-0.1, -0.05) is 18.2 Å². The van der Waals surface area contributed by atoms with Crippen molar-refractivity contribution < 1.29 is 8.42 Å². The van der Waals surface area contributed by atoms with Gasteiger partial charge in [-0.25, -0.2) is 4.98 Å². The van der Waals surface area contributed by atoms with Gasteiger partial charge in [-0.3, -0.25) is 4.31 Å². The third-order valence-corrected chi connectivity index (χ3v) is 4.87. The Morgan fingerprint density at radius 1 is 1.20 bits per heavy atom. The molecular weight excluding hydrogens is 274 g/mol. The van der Waals surface area contributed by atoms with Crippen molar-refractivity contribution in [1.82, 2.24) is 4.98 Å². The van der Waals surface area contributed by atoms with E-state index in [1.165, 1.54) is 16.6 Å². The van der Waals surface area contributed by atoms with E-state index in [1.807, 2.05) is 25.1 Å². The Morgan fingerprint density at radius 2 is 1.90 bits per heavy atom. The van der Waals surface area contributed by atoms with Crippen LogP contribution in [0.15, 0.2) is 47.6 Å². The van der Waals surface area contributed by atoms with Crippen LogP contribution in [-0.2, 0) is 10.0 Å². The van der Waals surface area contributed by atoms with Crippen LogP contribution in [0.1, 0.15) is 12.5 Å². The average molecular weight is 291 g/mol. The summed E-state index contributed by atoms with van der Waals surface area (Å²) in [5.74, 6) is 0. The normalized spacial score (nSPS) is 11.3. The second kappa shape index (κ2) is 5.50. The molecule has 2 aromatic rings. The number of para-hydroxylation sites is 1. The molecule has 0 fully saturated rings. The van der Waals surface area contributed by atoms with E-state index in [2.05, 4.69) is 4.98 Å². The van der Waals surface area contributed by atoms with Crippen LogP contribution in [-0.4, -0.2) is 19.9 Å². The number of nitrogens with two attached hydrogens (primary N) is 1. The predicted octanol–water partition coefficient (Wildman–Crippen LogP) is 2.19. The molecule has 106 valence electrons. The number of nitrogen functional groups attached to an aromatic ring is 1. The fourth-order valence-electron chi connectivity index (χ4n) is 2.04. The molecule has 0 saturated carbocycles. The quantitative estimate of drug-likeness (QED) is 0.936. The van der Waals surface area contributed by atoms with Gasteiger partial charge in [-0.05, 0) is 37.6 Å². The summed E-state index contributed by atoms with van der Waals surface area (Å²) in [5.41, 5.74) is 7.42. The maximum absolute atomic E-state index is 12.7. The highest BCUT2D eigenvalue weighted by atomic mass is 32.2. The molecule has 0 spiro atoms. The molecule has 0 bridgehead atoms. The van der Waals surface area contributed by atoms with Gasteiger partial charge in [0.15, 0.2) is 5.03 Å². The van der Waals surface area contributed by atoms with Crippen LogP contribution >= 0.6 is 0 Å². The molecule has 0 aliphatic heterocycles. The van der Waals surface area contributed by atoms with Gasteiger partial charge in [0.2, 0.25) is 0 Å². The molecule has 6 heteroatoms. The summed E-state index contributed by atoms with van der Waals surface area (Å²) >= 11 is 0. The van der Waals surface area contributed by atoms with Crippen LogP contribution < -0.4 is 10.0 Å². The Labute approximate surface area is 119 Å². The van der Waals surface area contributed by atoms with Gasteiger partial charge in [0.1, 0.15) is 0 Å². The van der Waals surface area contributed by atoms with E-state index < -0.39 is 10.0 Å². The molecule has 0 aliphatic rings. The topological polar surface area (TPSA) is 76.3 Å². The van der Waals surface area contributed by atoms with Gasteiger partial charge in [-0.15, -0.1) is 0 Å². The molecule has 0 aliphatic carbocycles. The summed E-state index contributed by atoms with van der Waals surface area (Å²) in [6, 6.07) is 10.5. The van der Waals surface area contributed by atoms with Crippen molar-refractivity contribution in [3.63, 3.8) is 0 Å². The van der Waals surface area contributed by atoms with E-state index in [0.717, 1.165) is 5.56 Å². The number of nitrogens with zero attached hydrogens (tertiary/aromatic N) is 2. The van der Waals surface area contributed by atoms with Crippen LogP contribution in [0.4, 0.5) is 11.4 Å². The zero-order valence-electron chi connectivity index (χ0n) is 11.4. The number of rotatable bonds is 4. The number of hydrogen-bond donors (Lipinski definition) is 1. The van der Waals surface area contributed by atoms with Crippen LogP contribution in [0.5, 0.6) is 0 Å². The summed E-state index contributed by atoms with van der Waals surface area (Å²) in [6.45, 7) is 3.96. The smallest absolute Gasteiger partial charge is 0.283 e. The maximum atomic E-state index is 12.7. The fourth-order valence-corrected chi connectivity index (χ4v) is 3.61. The zero-order valence-corrected chi connectivity index (χ0v) is 12.3. The van der Waals surface area contributed by atoms with Crippen LogP contribution in [0, 0.1) is 6.92 Å². The number of hydrogen-bond acceptors (Lipinski definition) is 4. The van der Waals surface area contributed by atoms with Gasteiger partial charge >= 0.3 is 0 Å². The Kier molecular flexibility index (Phi) is 3.94. The van der Waals surface area contributed by atoms with E-state index in [0.29, 0.717) is 12.2 Å². The van der Waals surface area contributed by atoms with Crippen molar-refractivity contribution in [3.8, 4) is 0 Å². The number of aromatic nitrogens is 1. The molecule has 0 atom stereocenters. The third-order valence-electron chi connectivity index (χ3n) is 3.01. The Bertz CT molecular complexity index is 714. The Hall–Kier alpha value is -2.08. The molecule has 0 radical (unpaired) electrons. The molecule has 20 heavy (non-hydrogen) atoms. The second-order valence-corrected chi connectivity index (χ2v) is 6.13. The van der Waals surface area contributed by atoms with E-state index in [4.69, 9.17) is 5.73 Å². The van der Waals surface area contributed by atoms with Crippen molar-refractivity contribution in [3.05, 3.63) is 48.2 Å². The first kappa shape index (κ1) is 14.3. The minimum absolute atomic E-state index is 0.106. The monoisotopic (exact) mass is 291 g/mol. The lowest BCUT2D eigenvalue weighted by molar-refractivity contribution is 0.588. The molecule has 2 N–H and O–H groups in total. The van der Waals surface area contributed by atoms with Gasteiger partial charge in [0.05, 0.1) is 11.4 Å². The molecule has 1 aromatic heterocycles. The molecule has 2 rings (SSSR count). The SMILES string of the molecule is CCN(c1ccccc1C)S(=O)(=O)c1ncccc1N. The van der Waals surface area contributed by atoms with Crippen LogP contribution in [0.2, 0.25) is 0 Å². The Morgan fingerprint density at radius 3 is 2.50 bits per heavy atom. The second-order valence-electron chi connectivity index (χ2n) is 4.35. The van der Waals surface area contributed by atoms with E-state index in [9.17, 15) is 8.42 Å². The first-order valence-corrected chi connectivity index (χ1v) is 7.71. The van der Waals surface area contributed by atoms with Crippen LogP contribution in [0.25, 0.3) is 0 Å². The summed E-state index contributed by atoms with van der Waals surface area (Å²) in [5, 5.41) is -0.106. The number of benzene rings is 1.